The molecule has 58 valence electrons. The number of ketones is 1. The minimum Gasteiger partial charge on any atom is -0.300 e. The van der Waals surface area contributed by atoms with E-state index in [-0.39, 0.29) is 12.2 Å². The Morgan fingerprint density at radius 3 is 2.30 bits per heavy atom. The van der Waals surface area contributed by atoms with Crippen molar-refractivity contribution in [2.45, 2.75) is 26.4 Å². The molecule has 0 aromatic heterocycles. The molecule has 0 rings (SSSR count). The van der Waals surface area contributed by atoms with Gasteiger partial charge in [0.1, 0.15) is 11.9 Å². The van der Waals surface area contributed by atoms with Crippen LogP contribution in [0.2, 0.25) is 0 Å². The van der Waals surface area contributed by atoms with Gasteiger partial charge in [-0.25, -0.2) is 4.89 Å². The van der Waals surface area contributed by atoms with Crippen LogP contribution in [0.4, 0.5) is 0 Å². The third kappa shape index (κ3) is 3.37. The zero-order chi connectivity index (χ0) is 8.15. The molecule has 0 aliphatic carbocycles. The molecule has 0 aliphatic rings. The smallest absolute Gasteiger partial charge is 0.132 e. The molecular weight excluding hydrogens is 132 g/mol. The third-order valence-corrected chi connectivity index (χ3v) is 1.15. The molecule has 0 radical (unpaired) electrons. The van der Waals surface area contributed by atoms with Crippen molar-refractivity contribution in [3.05, 3.63) is 12.2 Å². The van der Waals surface area contributed by atoms with Crippen molar-refractivity contribution in [1.29, 1.82) is 0 Å². The molecule has 3 heteroatoms. The first-order valence-electron chi connectivity index (χ1n) is 3.03. The maximum absolute atomic E-state index is 10.5. The summed E-state index contributed by atoms with van der Waals surface area (Å²) in [5.41, 5.74) is 0.651. The zero-order valence-corrected chi connectivity index (χ0v) is 6.26. The van der Waals surface area contributed by atoms with Crippen LogP contribution < -0.4 is 0 Å². The number of carbonyl (C=O) groups excluding carboxylic acids is 1. The van der Waals surface area contributed by atoms with E-state index >= 15 is 0 Å². The van der Waals surface area contributed by atoms with Crippen LogP contribution in [-0.4, -0.2) is 17.1 Å². The van der Waals surface area contributed by atoms with Gasteiger partial charge in [0.15, 0.2) is 0 Å². The molecule has 0 bridgehead atoms. The number of rotatable bonds is 4. The van der Waals surface area contributed by atoms with Crippen LogP contribution in [0.3, 0.4) is 0 Å². The fourth-order valence-electron chi connectivity index (χ4n) is 0.563. The van der Waals surface area contributed by atoms with E-state index in [0.29, 0.717) is 5.57 Å². The fourth-order valence-corrected chi connectivity index (χ4v) is 0.563. The van der Waals surface area contributed by atoms with E-state index in [1.54, 1.807) is 6.92 Å². The highest BCUT2D eigenvalue weighted by molar-refractivity contribution is 5.76. The first-order valence-corrected chi connectivity index (χ1v) is 3.03. The van der Waals surface area contributed by atoms with E-state index in [9.17, 15) is 4.79 Å². The van der Waals surface area contributed by atoms with Crippen molar-refractivity contribution >= 4 is 5.78 Å². The van der Waals surface area contributed by atoms with Crippen LogP contribution in [0.1, 0.15) is 20.3 Å². The molecule has 0 aromatic carbocycles. The lowest BCUT2D eigenvalue weighted by Gasteiger charge is -2.09. The molecule has 0 heterocycles. The highest BCUT2D eigenvalue weighted by atomic mass is 17.1. The Kier molecular flexibility index (Phi) is 3.91. The number of hydrogen-bond donors (Lipinski definition) is 1. The second-order valence-electron chi connectivity index (χ2n) is 2.35. The summed E-state index contributed by atoms with van der Waals surface area (Å²) in [6.07, 6.45) is -0.358. The predicted molar refractivity (Wildman–Crippen MR) is 37.6 cm³/mol. The minimum absolute atomic E-state index is 0.0259. The average molecular weight is 144 g/mol. The molecule has 10 heavy (non-hydrogen) atoms. The van der Waals surface area contributed by atoms with Crippen molar-refractivity contribution in [2.75, 3.05) is 0 Å². The Hall–Kier alpha value is -0.670. The van der Waals surface area contributed by atoms with Gasteiger partial charge in [-0.3, -0.25) is 10.1 Å². The summed E-state index contributed by atoms with van der Waals surface area (Å²) in [6.45, 7) is 6.68. The standard InChI is InChI=1S/C7H12O3/c1-5(2)7(10-9)4-6(3)8/h7,9H,1,4H2,2-3H3. The van der Waals surface area contributed by atoms with Crippen LogP contribution in [0.25, 0.3) is 0 Å². The van der Waals surface area contributed by atoms with Crippen LogP contribution in [0.5, 0.6) is 0 Å². The van der Waals surface area contributed by atoms with Crippen LogP contribution in [0, 0.1) is 0 Å². The van der Waals surface area contributed by atoms with E-state index in [1.807, 2.05) is 0 Å². The van der Waals surface area contributed by atoms with E-state index in [1.165, 1.54) is 6.92 Å². The van der Waals surface area contributed by atoms with Crippen molar-refractivity contribution < 1.29 is 14.9 Å². The molecule has 0 aromatic rings. The van der Waals surface area contributed by atoms with Crippen molar-refractivity contribution in [3.8, 4) is 0 Å². The van der Waals surface area contributed by atoms with Gasteiger partial charge in [0.25, 0.3) is 0 Å². The van der Waals surface area contributed by atoms with Gasteiger partial charge in [-0.2, -0.15) is 0 Å². The summed E-state index contributed by atoms with van der Waals surface area (Å²) in [6, 6.07) is 0. The normalized spacial score (nSPS) is 12.7. The van der Waals surface area contributed by atoms with Crippen LogP contribution in [-0.2, 0) is 9.68 Å². The molecule has 0 saturated carbocycles. The zero-order valence-electron chi connectivity index (χ0n) is 6.26. The van der Waals surface area contributed by atoms with Gasteiger partial charge in [-0.05, 0) is 19.4 Å². The molecule has 0 fully saturated rings. The van der Waals surface area contributed by atoms with Crippen LogP contribution >= 0.6 is 0 Å². The lowest BCUT2D eigenvalue weighted by Crippen LogP contribution is -2.15. The first-order chi connectivity index (χ1) is 4.57. The van der Waals surface area contributed by atoms with Gasteiger partial charge in [0, 0.05) is 6.42 Å². The van der Waals surface area contributed by atoms with Gasteiger partial charge in [0.2, 0.25) is 0 Å². The van der Waals surface area contributed by atoms with Gasteiger partial charge in [-0.15, -0.1) is 0 Å². The molecule has 0 spiro atoms. The van der Waals surface area contributed by atoms with Gasteiger partial charge >= 0.3 is 0 Å². The van der Waals surface area contributed by atoms with E-state index < -0.39 is 6.10 Å². The molecule has 3 nitrogen and oxygen atoms in total. The SMILES string of the molecule is C=C(C)C(CC(C)=O)OO. The Labute approximate surface area is 60.2 Å². The maximum Gasteiger partial charge on any atom is 0.132 e. The first kappa shape index (κ1) is 9.33. The molecule has 1 N–H and O–H groups in total. The molecule has 0 amide bonds. The summed E-state index contributed by atoms with van der Waals surface area (Å²) < 4.78 is 0. The second kappa shape index (κ2) is 4.19. The third-order valence-electron chi connectivity index (χ3n) is 1.15. The number of Topliss-reactive ketones (excluding diaryl/α,β-unsaturated/α-hetero) is 1. The van der Waals surface area contributed by atoms with E-state index in [2.05, 4.69) is 11.5 Å². The highest BCUT2D eigenvalue weighted by Gasteiger charge is 2.11. The fraction of sp³-hybridized carbons (Fsp3) is 0.571. The van der Waals surface area contributed by atoms with E-state index in [0.717, 1.165) is 0 Å². The highest BCUT2D eigenvalue weighted by Crippen LogP contribution is 2.06. The summed E-state index contributed by atoms with van der Waals surface area (Å²) >= 11 is 0. The summed E-state index contributed by atoms with van der Waals surface area (Å²) in [5.74, 6) is -0.0259. The average Bonchev–Trinajstić information content (AvgIpc) is 1.81. The summed E-state index contributed by atoms with van der Waals surface area (Å²) in [4.78, 5) is 14.5. The largest absolute Gasteiger partial charge is 0.300 e. The van der Waals surface area contributed by atoms with Gasteiger partial charge in [0.05, 0.1) is 0 Å². The Balaban J connectivity index is 3.83. The van der Waals surface area contributed by atoms with Crippen molar-refractivity contribution in [1.82, 2.24) is 0 Å². The second-order valence-corrected chi connectivity index (χ2v) is 2.35. The van der Waals surface area contributed by atoms with Gasteiger partial charge in [-0.1, -0.05) is 6.58 Å². The summed E-state index contributed by atoms with van der Waals surface area (Å²) in [5, 5.41) is 8.23. The summed E-state index contributed by atoms with van der Waals surface area (Å²) in [7, 11) is 0. The Morgan fingerprint density at radius 2 is 2.20 bits per heavy atom. The minimum atomic E-state index is -0.544. The topological polar surface area (TPSA) is 46.5 Å². The Morgan fingerprint density at radius 1 is 1.70 bits per heavy atom. The molecule has 1 unspecified atom stereocenters. The quantitative estimate of drug-likeness (QED) is 0.368. The number of hydrogen-bond acceptors (Lipinski definition) is 3. The Bertz CT molecular complexity index is 140. The molecule has 1 atom stereocenters. The molecule has 0 saturated heterocycles. The van der Waals surface area contributed by atoms with Crippen molar-refractivity contribution in [2.24, 2.45) is 0 Å². The van der Waals surface area contributed by atoms with Crippen LogP contribution in [0.15, 0.2) is 12.2 Å². The molecular formula is C7H12O3. The molecule has 0 aliphatic heterocycles. The van der Waals surface area contributed by atoms with Crippen molar-refractivity contribution in [3.63, 3.8) is 0 Å². The van der Waals surface area contributed by atoms with E-state index in [4.69, 9.17) is 5.26 Å². The maximum atomic E-state index is 10.5. The predicted octanol–water partition coefficient (Wildman–Crippen LogP) is 1.40. The lowest BCUT2D eigenvalue weighted by molar-refractivity contribution is -0.268. The van der Waals surface area contributed by atoms with Gasteiger partial charge < -0.3 is 0 Å². The lowest BCUT2D eigenvalue weighted by atomic mass is 10.1. The number of carbonyl (C=O) groups is 1. The monoisotopic (exact) mass is 144 g/mol.